The van der Waals surface area contributed by atoms with Crippen LogP contribution in [0.2, 0.25) is 0 Å². The molecule has 0 spiro atoms. The number of benzene rings is 1. The van der Waals surface area contributed by atoms with Crippen LogP contribution in [0.25, 0.3) is 12.2 Å². The predicted octanol–water partition coefficient (Wildman–Crippen LogP) is 2.70. The van der Waals surface area contributed by atoms with Gasteiger partial charge in [0, 0.05) is 24.3 Å². The first kappa shape index (κ1) is 13.9. The van der Waals surface area contributed by atoms with Crippen molar-refractivity contribution in [2.24, 2.45) is 0 Å². The Balaban J connectivity index is 2.42. The molecule has 0 aliphatic carbocycles. The number of hydrogen-bond acceptors (Lipinski definition) is 3. The number of aromatic amines is 1. The van der Waals surface area contributed by atoms with E-state index in [1.165, 1.54) is 0 Å². The molecule has 0 amide bonds. The zero-order valence-electron chi connectivity index (χ0n) is 11.8. The van der Waals surface area contributed by atoms with Crippen molar-refractivity contribution in [3.8, 4) is 17.2 Å². The summed E-state index contributed by atoms with van der Waals surface area (Å²) in [6, 6.07) is 7.64. The monoisotopic (exact) mass is 272 g/mol. The van der Waals surface area contributed by atoms with Gasteiger partial charge in [-0.05, 0) is 11.6 Å². The molecule has 0 unspecified atom stereocenters. The molecule has 0 saturated heterocycles. The number of ether oxygens (including phenoxy) is 3. The van der Waals surface area contributed by atoms with Gasteiger partial charge in [0.25, 0.3) is 0 Å². The van der Waals surface area contributed by atoms with Gasteiger partial charge in [0.2, 0.25) is 0 Å². The van der Waals surface area contributed by atoms with Gasteiger partial charge in [0.05, 0.1) is 26.9 Å². The fourth-order valence-electron chi connectivity index (χ4n) is 1.89. The normalized spacial score (nSPS) is 10.6. The van der Waals surface area contributed by atoms with Gasteiger partial charge < -0.3 is 14.2 Å². The number of aromatic nitrogens is 1. The molecular weight excluding hydrogens is 254 g/mol. The molecule has 0 bridgehead atoms. The van der Waals surface area contributed by atoms with Crippen molar-refractivity contribution < 1.29 is 19.2 Å². The fraction of sp³-hybridized carbons (Fsp3) is 0.188. The van der Waals surface area contributed by atoms with Gasteiger partial charge in [0.1, 0.15) is 17.2 Å². The van der Waals surface area contributed by atoms with Gasteiger partial charge in [-0.1, -0.05) is 6.08 Å². The largest absolute Gasteiger partial charge is 0.496 e. The standard InChI is InChI=1S/C16H17NO3/c1-18-13-10-15(19-2)14(16(11-13)20-3)5-4-12-6-8-17-9-7-12/h4-11H,1-3H3/p+1/b5-4+. The van der Waals surface area contributed by atoms with Crippen LogP contribution in [0.1, 0.15) is 11.1 Å². The summed E-state index contributed by atoms with van der Waals surface area (Å²) in [6.45, 7) is 0. The van der Waals surface area contributed by atoms with Crippen LogP contribution in [-0.4, -0.2) is 21.3 Å². The van der Waals surface area contributed by atoms with E-state index < -0.39 is 0 Å². The Kier molecular flexibility index (Phi) is 4.60. The molecule has 0 fully saturated rings. The van der Waals surface area contributed by atoms with Crippen LogP contribution in [0.5, 0.6) is 17.2 Å². The van der Waals surface area contributed by atoms with Crippen molar-refractivity contribution in [1.82, 2.24) is 0 Å². The summed E-state index contributed by atoms with van der Waals surface area (Å²) < 4.78 is 16.0. The average molecular weight is 272 g/mol. The van der Waals surface area contributed by atoms with Gasteiger partial charge in [-0.25, -0.2) is 4.98 Å². The molecule has 2 aromatic rings. The van der Waals surface area contributed by atoms with Crippen molar-refractivity contribution in [1.29, 1.82) is 0 Å². The van der Waals surface area contributed by atoms with E-state index in [1.54, 1.807) is 21.3 Å². The van der Waals surface area contributed by atoms with E-state index in [0.717, 1.165) is 11.1 Å². The van der Waals surface area contributed by atoms with Crippen LogP contribution >= 0.6 is 0 Å². The zero-order chi connectivity index (χ0) is 14.4. The first-order chi connectivity index (χ1) is 9.78. The van der Waals surface area contributed by atoms with Crippen molar-refractivity contribution in [3.63, 3.8) is 0 Å². The van der Waals surface area contributed by atoms with E-state index in [1.807, 2.05) is 48.8 Å². The Morgan fingerprint density at radius 3 is 1.95 bits per heavy atom. The topological polar surface area (TPSA) is 41.8 Å². The lowest BCUT2D eigenvalue weighted by molar-refractivity contribution is -0.378. The van der Waals surface area contributed by atoms with Crippen LogP contribution in [-0.2, 0) is 0 Å². The molecule has 0 radical (unpaired) electrons. The van der Waals surface area contributed by atoms with Crippen LogP contribution in [0, 0.1) is 0 Å². The lowest BCUT2D eigenvalue weighted by Crippen LogP contribution is -1.96. The molecular formula is C16H18NO3+. The molecule has 104 valence electrons. The maximum absolute atomic E-state index is 5.40. The number of nitrogens with one attached hydrogen (secondary N) is 1. The lowest BCUT2D eigenvalue weighted by atomic mass is 10.1. The molecule has 4 heteroatoms. The smallest absolute Gasteiger partial charge is 0.167 e. The van der Waals surface area contributed by atoms with Gasteiger partial charge in [-0.15, -0.1) is 0 Å². The highest BCUT2D eigenvalue weighted by atomic mass is 16.5. The van der Waals surface area contributed by atoms with Gasteiger partial charge in [-0.3, -0.25) is 0 Å². The maximum Gasteiger partial charge on any atom is 0.167 e. The number of methoxy groups -OCH3 is 3. The molecule has 2 rings (SSSR count). The van der Waals surface area contributed by atoms with E-state index in [2.05, 4.69) is 4.98 Å². The van der Waals surface area contributed by atoms with Crippen LogP contribution in [0.15, 0.2) is 36.7 Å². The Morgan fingerprint density at radius 1 is 0.850 bits per heavy atom. The quantitative estimate of drug-likeness (QED) is 0.840. The minimum absolute atomic E-state index is 0.699. The van der Waals surface area contributed by atoms with E-state index in [0.29, 0.717) is 17.2 Å². The van der Waals surface area contributed by atoms with Crippen molar-refractivity contribution in [2.75, 3.05) is 21.3 Å². The SMILES string of the molecule is COc1cc(OC)c(/C=C/c2cc[nH+]cc2)c(OC)c1. The number of hydrogen-bond donors (Lipinski definition) is 0. The van der Waals surface area contributed by atoms with Crippen molar-refractivity contribution in [2.45, 2.75) is 0 Å². The molecule has 1 heterocycles. The third-order valence-electron chi connectivity index (χ3n) is 2.94. The second kappa shape index (κ2) is 6.61. The molecule has 0 saturated carbocycles. The van der Waals surface area contributed by atoms with Crippen molar-refractivity contribution in [3.05, 3.63) is 47.8 Å². The summed E-state index contributed by atoms with van der Waals surface area (Å²) in [6.07, 6.45) is 7.72. The summed E-state index contributed by atoms with van der Waals surface area (Å²) >= 11 is 0. The molecule has 20 heavy (non-hydrogen) atoms. The third-order valence-corrected chi connectivity index (χ3v) is 2.94. The number of rotatable bonds is 5. The van der Waals surface area contributed by atoms with Crippen LogP contribution in [0.3, 0.4) is 0 Å². The molecule has 0 atom stereocenters. The third kappa shape index (κ3) is 3.09. The predicted molar refractivity (Wildman–Crippen MR) is 78.0 cm³/mol. The molecule has 1 N–H and O–H groups in total. The molecule has 0 aliphatic heterocycles. The van der Waals surface area contributed by atoms with Gasteiger partial charge >= 0.3 is 0 Å². The summed E-state index contributed by atoms with van der Waals surface area (Å²) in [4.78, 5) is 2.99. The average Bonchev–Trinajstić information content (AvgIpc) is 2.52. The second-order valence-corrected chi connectivity index (χ2v) is 4.11. The highest BCUT2D eigenvalue weighted by molar-refractivity contribution is 5.76. The molecule has 4 nitrogen and oxygen atoms in total. The Morgan fingerprint density at radius 2 is 1.45 bits per heavy atom. The Labute approximate surface area is 118 Å². The summed E-state index contributed by atoms with van der Waals surface area (Å²) in [7, 11) is 4.87. The van der Waals surface area contributed by atoms with Crippen molar-refractivity contribution >= 4 is 12.2 Å². The number of pyridine rings is 1. The van der Waals surface area contributed by atoms with E-state index >= 15 is 0 Å². The first-order valence-corrected chi connectivity index (χ1v) is 6.22. The maximum atomic E-state index is 5.40. The number of H-pyrrole nitrogens is 1. The highest BCUT2D eigenvalue weighted by Crippen LogP contribution is 2.35. The Hall–Kier alpha value is -2.49. The van der Waals surface area contributed by atoms with E-state index in [4.69, 9.17) is 14.2 Å². The van der Waals surface area contributed by atoms with Crippen LogP contribution in [0.4, 0.5) is 0 Å². The minimum Gasteiger partial charge on any atom is -0.496 e. The zero-order valence-corrected chi connectivity index (χ0v) is 11.8. The summed E-state index contributed by atoms with van der Waals surface area (Å²) in [5, 5.41) is 0. The minimum atomic E-state index is 0.699. The second-order valence-electron chi connectivity index (χ2n) is 4.11. The summed E-state index contributed by atoms with van der Waals surface area (Å²) in [5.41, 5.74) is 1.97. The van der Waals surface area contributed by atoms with Crippen LogP contribution < -0.4 is 19.2 Å². The van der Waals surface area contributed by atoms with E-state index in [9.17, 15) is 0 Å². The lowest BCUT2D eigenvalue weighted by Gasteiger charge is -2.12. The fourth-order valence-corrected chi connectivity index (χ4v) is 1.89. The first-order valence-electron chi connectivity index (χ1n) is 6.22. The Bertz CT molecular complexity index is 569. The van der Waals surface area contributed by atoms with E-state index in [-0.39, 0.29) is 0 Å². The molecule has 1 aromatic carbocycles. The molecule has 1 aromatic heterocycles. The van der Waals surface area contributed by atoms with Gasteiger partial charge in [-0.2, -0.15) is 0 Å². The highest BCUT2D eigenvalue weighted by Gasteiger charge is 2.10. The summed E-state index contributed by atoms with van der Waals surface area (Å²) in [5.74, 6) is 2.12. The molecule has 0 aliphatic rings. The van der Waals surface area contributed by atoms with Gasteiger partial charge in [0.15, 0.2) is 12.4 Å².